The fourth-order valence-electron chi connectivity index (χ4n) is 3.81. The van der Waals surface area contributed by atoms with Crippen molar-refractivity contribution in [1.29, 1.82) is 0 Å². The Kier molecular flexibility index (Phi) is 10.8. The monoisotopic (exact) mass is 530 g/mol. The van der Waals surface area contributed by atoms with Gasteiger partial charge in [-0.1, -0.05) is 42.5 Å². The highest BCUT2D eigenvalue weighted by Gasteiger charge is 2.32. The van der Waals surface area contributed by atoms with Crippen molar-refractivity contribution in [2.24, 2.45) is 4.99 Å². The molecule has 5 nitrogen and oxygen atoms in total. The summed E-state index contributed by atoms with van der Waals surface area (Å²) < 4.78 is 5.83. The van der Waals surface area contributed by atoms with E-state index in [-0.39, 0.29) is 28.7 Å². The number of piperazine rings is 1. The van der Waals surface area contributed by atoms with Gasteiger partial charge in [0.05, 0.1) is 0 Å². The number of rotatable bonds is 6. The van der Waals surface area contributed by atoms with Crippen LogP contribution >= 0.6 is 35.7 Å². The van der Waals surface area contributed by atoms with E-state index in [1.165, 1.54) is 5.56 Å². The number of halogens is 1. The first-order valence-electron chi connectivity index (χ1n) is 10.3. The highest BCUT2D eigenvalue weighted by atomic mass is 127. The predicted octanol–water partition coefficient (Wildman–Crippen LogP) is 3.42. The van der Waals surface area contributed by atoms with Crippen molar-refractivity contribution in [2.45, 2.75) is 17.6 Å². The van der Waals surface area contributed by atoms with Gasteiger partial charge >= 0.3 is 0 Å². The fourth-order valence-corrected chi connectivity index (χ4v) is 4.60. The summed E-state index contributed by atoms with van der Waals surface area (Å²) in [4.78, 5) is 9.45. The summed E-state index contributed by atoms with van der Waals surface area (Å²) in [5.41, 5.74) is 1.27. The number of hydrogen-bond acceptors (Lipinski definition) is 4. The van der Waals surface area contributed by atoms with E-state index in [0.29, 0.717) is 0 Å². The Hall–Kier alpha value is -0.770. The van der Waals surface area contributed by atoms with E-state index in [1.54, 1.807) is 0 Å². The Balaban J connectivity index is 0.00000300. The number of nitrogens with one attached hydrogen (secondary N) is 1. The lowest BCUT2D eigenvalue weighted by molar-refractivity contribution is 0.0780. The van der Waals surface area contributed by atoms with E-state index in [0.717, 1.165) is 71.3 Å². The van der Waals surface area contributed by atoms with Gasteiger partial charge in [0.25, 0.3) is 0 Å². The average molecular weight is 531 g/mol. The first-order chi connectivity index (χ1) is 13.7. The predicted molar refractivity (Wildman–Crippen MR) is 137 cm³/mol. The smallest absolute Gasteiger partial charge is 0.193 e. The van der Waals surface area contributed by atoms with Crippen molar-refractivity contribution in [3.8, 4) is 0 Å². The van der Waals surface area contributed by atoms with Crippen LogP contribution in [0.4, 0.5) is 0 Å². The first-order valence-corrected chi connectivity index (χ1v) is 11.5. The molecule has 1 aromatic carbocycles. The lowest BCUT2D eigenvalue weighted by atomic mass is 9.99. The van der Waals surface area contributed by atoms with Gasteiger partial charge in [-0.25, -0.2) is 0 Å². The molecule has 2 aliphatic rings. The molecule has 0 bridgehead atoms. The highest BCUT2D eigenvalue weighted by molar-refractivity contribution is 14.0. The molecule has 0 amide bonds. The molecule has 1 aromatic rings. The lowest BCUT2D eigenvalue weighted by Gasteiger charge is -2.39. The second-order valence-corrected chi connectivity index (χ2v) is 8.78. The largest absolute Gasteiger partial charge is 0.381 e. The SMILES string of the molecule is CN=C(NCC1(SC)CCOCC1)N1CCN(C/C=C/c2ccccc2)CC1.I. The number of guanidine groups is 1. The molecule has 0 radical (unpaired) electrons. The molecule has 1 N–H and O–H groups in total. The van der Waals surface area contributed by atoms with E-state index in [9.17, 15) is 0 Å². The molecule has 29 heavy (non-hydrogen) atoms. The summed E-state index contributed by atoms with van der Waals surface area (Å²) >= 11 is 1.97. The Morgan fingerprint density at radius 3 is 2.48 bits per heavy atom. The van der Waals surface area contributed by atoms with Crippen LogP contribution in [0.25, 0.3) is 6.08 Å². The van der Waals surface area contributed by atoms with Crippen LogP contribution in [0.5, 0.6) is 0 Å². The van der Waals surface area contributed by atoms with E-state index in [4.69, 9.17) is 4.74 Å². The van der Waals surface area contributed by atoms with Crippen molar-refractivity contribution >= 4 is 47.8 Å². The number of nitrogens with zero attached hydrogens (tertiary/aromatic N) is 3. The lowest BCUT2D eigenvalue weighted by Crippen LogP contribution is -2.54. The molecule has 3 rings (SSSR count). The minimum absolute atomic E-state index is 0. The average Bonchev–Trinajstić information content (AvgIpc) is 2.76. The minimum Gasteiger partial charge on any atom is -0.381 e. The highest BCUT2D eigenvalue weighted by Crippen LogP contribution is 2.33. The molecular formula is C22H35IN4OS. The Morgan fingerprint density at radius 2 is 1.86 bits per heavy atom. The van der Waals surface area contributed by atoms with Gasteiger partial charge in [0.1, 0.15) is 0 Å². The molecule has 0 saturated carbocycles. The number of ether oxygens (including phenoxy) is 1. The topological polar surface area (TPSA) is 40.1 Å². The zero-order valence-corrected chi connectivity index (χ0v) is 20.8. The molecule has 2 saturated heterocycles. The molecule has 7 heteroatoms. The van der Waals surface area contributed by atoms with Crippen LogP contribution in [-0.2, 0) is 4.74 Å². The Morgan fingerprint density at radius 1 is 1.17 bits per heavy atom. The molecule has 0 aliphatic carbocycles. The summed E-state index contributed by atoms with van der Waals surface area (Å²) in [6.45, 7) is 7.90. The molecule has 0 unspecified atom stereocenters. The zero-order valence-electron chi connectivity index (χ0n) is 17.7. The second kappa shape index (κ2) is 12.8. The maximum absolute atomic E-state index is 5.56. The van der Waals surface area contributed by atoms with Crippen molar-refractivity contribution < 1.29 is 4.74 Å². The van der Waals surface area contributed by atoms with Gasteiger partial charge in [-0.05, 0) is 24.7 Å². The molecule has 0 aromatic heterocycles. The van der Waals surface area contributed by atoms with Crippen LogP contribution in [0.15, 0.2) is 41.4 Å². The minimum atomic E-state index is 0. The van der Waals surface area contributed by atoms with Crippen molar-refractivity contribution in [2.75, 3.05) is 65.8 Å². The third-order valence-corrected chi connectivity index (χ3v) is 7.18. The normalized spacial score (nSPS) is 20.5. The van der Waals surface area contributed by atoms with Crippen LogP contribution < -0.4 is 5.32 Å². The summed E-state index contributed by atoms with van der Waals surface area (Å²) in [7, 11) is 1.90. The van der Waals surface area contributed by atoms with Crippen LogP contribution in [0.3, 0.4) is 0 Å². The molecule has 2 aliphatic heterocycles. The van der Waals surface area contributed by atoms with Crippen molar-refractivity contribution in [3.05, 3.63) is 42.0 Å². The Labute approximate surface area is 197 Å². The van der Waals surface area contributed by atoms with Crippen molar-refractivity contribution in [1.82, 2.24) is 15.1 Å². The number of thioether (sulfide) groups is 1. The summed E-state index contributed by atoms with van der Waals surface area (Å²) in [6.07, 6.45) is 8.92. The molecular weight excluding hydrogens is 495 g/mol. The summed E-state index contributed by atoms with van der Waals surface area (Å²) in [6, 6.07) is 10.5. The van der Waals surface area contributed by atoms with Crippen LogP contribution in [-0.4, -0.2) is 86.3 Å². The van der Waals surface area contributed by atoms with Crippen LogP contribution in [0.1, 0.15) is 18.4 Å². The van der Waals surface area contributed by atoms with E-state index >= 15 is 0 Å². The molecule has 0 spiro atoms. The van der Waals surface area contributed by atoms with E-state index < -0.39 is 0 Å². The van der Waals surface area contributed by atoms with Gasteiger partial charge in [0.15, 0.2) is 5.96 Å². The zero-order chi connectivity index (χ0) is 19.7. The number of benzene rings is 1. The van der Waals surface area contributed by atoms with E-state index in [2.05, 4.69) is 68.8 Å². The number of hydrogen-bond donors (Lipinski definition) is 1. The van der Waals surface area contributed by atoms with E-state index in [1.807, 2.05) is 18.8 Å². The molecule has 2 fully saturated rings. The maximum Gasteiger partial charge on any atom is 0.193 e. The van der Waals surface area contributed by atoms with Crippen LogP contribution in [0, 0.1) is 0 Å². The third kappa shape index (κ3) is 7.45. The van der Waals surface area contributed by atoms with Crippen molar-refractivity contribution in [3.63, 3.8) is 0 Å². The van der Waals surface area contributed by atoms with Gasteiger partial charge in [0.2, 0.25) is 0 Å². The van der Waals surface area contributed by atoms with Gasteiger partial charge in [-0.2, -0.15) is 11.8 Å². The van der Waals surface area contributed by atoms with Gasteiger partial charge in [-0.3, -0.25) is 9.89 Å². The molecule has 162 valence electrons. The number of aliphatic imine (C=N–C) groups is 1. The maximum atomic E-state index is 5.56. The van der Waals surface area contributed by atoms with Gasteiger partial charge in [-0.15, -0.1) is 24.0 Å². The fraction of sp³-hybridized carbons (Fsp3) is 0.591. The third-order valence-electron chi connectivity index (χ3n) is 5.76. The Bertz CT molecular complexity index is 641. The summed E-state index contributed by atoms with van der Waals surface area (Å²) in [5, 5.41) is 3.65. The quantitative estimate of drug-likeness (QED) is 0.347. The first kappa shape index (κ1) is 24.5. The molecule has 2 heterocycles. The van der Waals surface area contributed by atoms with Gasteiger partial charge < -0.3 is 15.0 Å². The van der Waals surface area contributed by atoms with Crippen LogP contribution in [0.2, 0.25) is 0 Å². The molecule has 0 atom stereocenters. The standard InChI is InChI=1S/C22H34N4OS.HI/c1-23-21(24-19-22(28-2)10-17-27-18-11-22)26-15-13-25(14-16-26)12-6-9-20-7-4-3-5-8-20;/h3-9H,10-19H2,1-2H3,(H,23,24);1H/b9-6+;. The summed E-state index contributed by atoms with van der Waals surface area (Å²) in [5.74, 6) is 1.04. The second-order valence-electron chi connectivity index (χ2n) is 7.50. The van der Waals surface area contributed by atoms with Gasteiger partial charge in [0, 0.05) is 64.3 Å².